The molecule has 1 aromatic carbocycles. The van der Waals surface area contributed by atoms with Crippen LogP contribution in [0.2, 0.25) is 0 Å². The number of benzene rings is 1. The van der Waals surface area contributed by atoms with E-state index in [9.17, 15) is 4.79 Å². The molecule has 4 heteroatoms. The van der Waals surface area contributed by atoms with Crippen molar-refractivity contribution >= 4 is 18.2 Å². The molecule has 1 aliphatic heterocycles. The molecule has 0 spiro atoms. The second-order valence-electron chi connectivity index (χ2n) is 6.88. The third-order valence-corrected chi connectivity index (χ3v) is 5.14. The SMILES string of the molecule is COc1ccc(C(=O)C(C)C)c2c1CCCC2N1CCCC1.Cl. The van der Waals surface area contributed by atoms with Crippen molar-refractivity contribution in [2.24, 2.45) is 5.92 Å². The Kier molecular flexibility index (Phi) is 6.10. The number of halogens is 1. The molecule has 0 radical (unpaired) electrons. The van der Waals surface area contributed by atoms with Gasteiger partial charge in [-0.3, -0.25) is 9.69 Å². The number of likely N-dealkylation sites (tertiary alicyclic amines) is 1. The van der Waals surface area contributed by atoms with Crippen LogP contribution in [-0.4, -0.2) is 30.9 Å². The van der Waals surface area contributed by atoms with Crippen molar-refractivity contribution in [3.8, 4) is 5.75 Å². The van der Waals surface area contributed by atoms with Crippen LogP contribution in [0.5, 0.6) is 5.75 Å². The molecule has 1 aliphatic carbocycles. The molecule has 0 saturated carbocycles. The number of carbonyl (C=O) groups excluding carboxylic acids is 1. The first kappa shape index (κ1) is 18.3. The van der Waals surface area contributed by atoms with Crippen molar-refractivity contribution < 1.29 is 9.53 Å². The predicted octanol–water partition coefficient (Wildman–Crippen LogP) is 4.43. The first-order valence-corrected chi connectivity index (χ1v) is 8.61. The van der Waals surface area contributed by atoms with Crippen LogP contribution >= 0.6 is 12.4 Å². The van der Waals surface area contributed by atoms with E-state index in [0.29, 0.717) is 6.04 Å². The van der Waals surface area contributed by atoms with Crippen molar-refractivity contribution in [2.75, 3.05) is 20.2 Å². The van der Waals surface area contributed by atoms with Crippen LogP contribution in [0.15, 0.2) is 12.1 Å². The second kappa shape index (κ2) is 7.67. The van der Waals surface area contributed by atoms with Gasteiger partial charge in [0.1, 0.15) is 5.75 Å². The van der Waals surface area contributed by atoms with E-state index in [2.05, 4.69) is 4.90 Å². The van der Waals surface area contributed by atoms with Gasteiger partial charge in [-0.25, -0.2) is 0 Å². The minimum absolute atomic E-state index is 0. The molecule has 1 saturated heterocycles. The van der Waals surface area contributed by atoms with Gasteiger partial charge in [-0.05, 0) is 68.5 Å². The summed E-state index contributed by atoms with van der Waals surface area (Å²) < 4.78 is 5.59. The summed E-state index contributed by atoms with van der Waals surface area (Å²) in [6, 6.07) is 4.38. The van der Waals surface area contributed by atoms with E-state index in [-0.39, 0.29) is 24.1 Å². The van der Waals surface area contributed by atoms with Crippen LogP contribution in [0.4, 0.5) is 0 Å². The first-order chi connectivity index (χ1) is 10.6. The topological polar surface area (TPSA) is 29.5 Å². The van der Waals surface area contributed by atoms with Gasteiger partial charge >= 0.3 is 0 Å². The molecule has 0 N–H and O–H groups in total. The van der Waals surface area contributed by atoms with Crippen LogP contribution in [0.1, 0.15) is 67.1 Å². The molecule has 0 amide bonds. The minimum Gasteiger partial charge on any atom is -0.496 e. The Morgan fingerprint density at radius 3 is 2.52 bits per heavy atom. The Morgan fingerprint density at radius 2 is 1.91 bits per heavy atom. The van der Waals surface area contributed by atoms with Gasteiger partial charge in [0.25, 0.3) is 0 Å². The maximum atomic E-state index is 12.7. The van der Waals surface area contributed by atoms with Crippen LogP contribution in [0, 0.1) is 5.92 Å². The predicted molar refractivity (Wildman–Crippen MR) is 95.9 cm³/mol. The van der Waals surface area contributed by atoms with E-state index in [1.807, 2.05) is 26.0 Å². The number of fused-ring (bicyclic) bond motifs is 1. The van der Waals surface area contributed by atoms with Crippen molar-refractivity contribution in [1.29, 1.82) is 0 Å². The summed E-state index contributed by atoms with van der Waals surface area (Å²) >= 11 is 0. The zero-order valence-electron chi connectivity index (χ0n) is 14.4. The summed E-state index contributed by atoms with van der Waals surface area (Å²) in [7, 11) is 1.74. The molecule has 0 aromatic heterocycles. The van der Waals surface area contributed by atoms with Gasteiger partial charge in [-0.1, -0.05) is 13.8 Å². The zero-order chi connectivity index (χ0) is 15.7. The quantitative estimate of drug-likeness (QED) is 0.761. The number of carbonyl (C=O) groups is 1. The summed E-state index contributed by atoms with van der Waals surface area (Å²) in [5.41, 5.74) is 3.48. The molecular formula is C19H28ClNO2. The Labute approximate surface area is 145 Å². The minimum atomic E-state index is 0. The zero-order valence-corrected chi connectivity index (χ0v) is 15.2. The monoisotopic (exact) mass is 337 g/mol. The van der Waals surface area contributed by atoms with Crippen molar-refractivity contribution in [3.05, 3.63) is 28.8 Å². The lowest BCUT2D eigenvalue weighted by Crippen LogP contribution is -2.31. The third-order valence-electron chi connectivity index (χ3n) is 5.14. The lowest BCUT2D eigenvalue weighted by Gasteiger charge is -2.35. The van der Waals surface area contributed by atoms with E-state index in [0.717, 1.165) is 30.8 Å². The Morgan fingerprint density at radius 1 is 1.22 bits per heavy atom. The smallest absolute Gasteiger partial charge is 0.165 e. The average Bonchev–Trinajstić information content (AvgIpc) is 3.06. The van der Waals surface area contributed by atoms with E-state index in [1.54, 1.807) is 7.11 Å². The van der Waals surface area contributed by atoms with Gasteiger partial charge in [0, 0.05) is 17.5 Å². The molecule has 1 fully saturated rings. The highest BCUT2D eigenvalue weighted by Gasteiger charge is 2.33. The van der Waals surface area contributed by atoms with Gasteiger partial charge in [0.2, 0.25) is 0 Å². The van der Waals surface area contributed by atoms with Gasteiger partial charge in [-0.15, -0.1) is 12.4 Å². The summed E-state index contributed by atoms with van der Waals surface area (Å²) in [5, 5.41) is 0. The normalized spacial score (nSPS) is 21.0. The Hall–Kier alpha value is -1.06. The maximum absolute atomic E-state index is 12.7. The second-order valence-corrected chi connectivity index (χ2v) is 6.88. The fraction of sp³-hybridized carbons (Fsp3) is 0.632. The van der Waals surface area contributed by atoms with E-state index < -0.39 is 0 Å². The number of Topliss-reactive ketones (excluding diaryl/α,β-unsaturated/α-hetero) is 1. The van der Waals surface area contributed by atoms with Gasteiger partial charge in [0.05, 0.1) is 7.11 Å². The summed E-state index contributed by atoms with van der Waals surface area (Å²) in [6.45, 7) is 6.31. The molecule has 1 atom stereocenters. The van der Waals surface area contributed by atoms with Crippen molar-refractivity contribution in [3.63, 3.8) is 0 Å². The van der Waals surface area contributed by atoms with Crippen LogP contribution in [0.3, 0.4) is 0 Å². The highest BCUT2D eigenvalue weighted by atomic mass is 35.5. The van der Waals surface area contributed by atoms with Crippen molar-refractivity contribution in [2.45, 2.75) is 52.0 Å². The van der Waals surface area contributed by atoms with Crippen LogP contribution < -0.4 is 4.74 Å². The lowest BCUT2D eigenvalue weighted by molar-refractivity contribution is 0.0934. The number of ether oxygens (including phenoxy) is 1. The third kappa shape index (κ3) is 3.41. The number of ketones is 1. The van der Waals surface area contributed by atoms with Crippen LogP contribution in [-0.2, 0) is 6.42 Å². The lowest BCUT2D eigenvalue weighted by atomic mass is 9.81. The molecule has 2 aliphatic rings. The molecule has 3 rings (SSSR count). The molecule has 1 unspecified atom stereocenters. The number of nitrogens with zero attached hydrogens (tertiary/aromatic N) is 1. The molecule has 23 heavy (non-hydrogen) atoms. The standard InChI is InChI=1S/C19H27NO2.ClH/c1-13(2)19(21)15-9-10-17(22-3)14-7-6-8-16(18(14)15)20-11-4-5-12-20;/h9-10,13,16H,4-8,11-12H2,1-3H3;1H. The number of hydrogen-bond acceptors (Lipinski definition) is 3. The fourth-order valence-electron chi connectivity index (χ4n) is 4.04. The maximum Gasteiger partial charge on any atom is 0.165 e. The summed E-state index contributed by atoms with van der Waals surface area (Å²) in [5.74, 6) is 1.27. The number of methoxy groups -OCH3 is 1. The van der Waals surface area contributed by atoms with Crippen molar-refractivity contribution in [1.82, 2.24) is 4.90 Å². The van der Waals surface area contributed by atoms with Gasteiger partial charge in [0.15, 0.2) is 5.78 Å². The van der Waals surface area contributed by atoms with E-state index in [1.165, 1.54) is 36.8 Å². The van der Waals surface area contributed by atoms with Gasteiger partial charge < -0.3 is 4.74 Å². The Balaban J connectivity index is 0.00000192. The number of rotatable bonds is 4. The fourth-order valence-corrected chi connectivity index (χ4v) is 4.04. The van der Waals surface area contributed by atoms with E-state index in [4.69, 9.17) is 4.74 Å². The average molecular weight is 338 g/mol. The summed E-state index contributed by atoms with van der Waals surface area (Å²) in [6.07, 6.45) is 5.94. The largest absolute Gasteiger partial charge is 0.496 e. The van der Waals surface area contributed by atoms with Crippen LogP contribution in [0.25, 0.3) is 0 Å². The Bertz CT molecular complexity index is 565. The molecular weight excluding hydrogens is 310 g/mol. The summed E-state index contributed by atoms with van der Waals surface area (Å²) in [4.78, 5) is 15.3. The molecule has 3 nitrogen and oxygen atoms in total. The first-order valence-electron chi connectivity index (χ1n) is 8.61. The van der Waals surface area contributed by atoms with Gasteiger partial charge in [-0.2, -0.15) is 0 Å². The number of hydrogen-bond donors (Lipinski definition) is 0. The molecule has 1 heterocycles. The molecule has 128 valence electrons. The highest BCUT2D eigenvalue weighted by molar-refractivity contribution is 5.99. The molecule has 1 aromatic rings. The van der Waals surface area contributed by atoms with E-state index >= 15 is 0 Å². The highest BCUT2D eigenvalue weighted by Crippen LogP contribution is 2.42. The molecule has 0 bridgehead atoms.